The van der Waals surface area contributed by atoms with E-state index in [0.717, 1.165) is 0 Å². The van der Waals surface area contributed by atoms with E-state index in [-0.39, 0.29) is 17.5 Å². The lowest BCUT2D eigenvalue weighted by atomic mass is 10.1. The fourth-order valence-electron chi connectivity index (χ4n) is 2.40. The first-order valence-electron chi connectivity index (χ1n) is 6.08. The van der Waals surface area contributed by atoms with Crippen molar-refractivity contribution in [3.05, 3.63) is 35.5 Å². The molecule has 1 heterocycles. The van der Waals surface area contributed by atoms with Gasteiger partial charge in [-0.05, 0) is 19.0 Å². The Bertz CT molecular complexity index is 790. The van der Waals surface area contributed by atoms with Gasteiger partial charge in [0.25, 0.3) is 0 Å². The molecule has 19 heavy (non-hydrogen) atoms. The molecular formula is C14H13N3O2. The van der Waals surface area contributed by atoms with Crippen LogP contribution in [0.5, 0.6) is 5.75 Å². The second-order valence-corrected chi connectivity index (χ2v) is 4.78. The Labute approximate surface area is 109 Å². The van der Waals surface area contributed by atoms with Gasteiger partial charge in [0.05, 0.1) is 6.33 Å². The van der Waals surface area contributed by atoms with Gasteiger partial charge >= 0.3 is 0 Å². The molecule has 0 saturated heterocycles. The Morgan fingerprint density at radius 3 is 2.58 bits per heavy atom. The van der Waals surface area contributed by atoms with E-state index >= 15 is 0 Å². The van der Waals surface area contributed by atoms with Gasteiger partial charge in [-0.15, -0.1) is 4.91 Å². The Morgan fingerprint density at radius 2 is 1.95 bits per heavy atom. The topological polar surface area (TPSA) is 67.5 Å². The molecule has 0 spiro atoms. The quantitative estimate of drug-likeness (QED) is 0.706. The maximum absolute atomic E-state index is 11.1. The molecule has 0 aliphatic rings. The number of hydrogen-bond donors (Lipinski definition) is 1. The number of aromatic nitrogens is 2. The fraction of sp³-hybridized carbons (Fsp3) is 0.214. The molecular weight excluding hydrogens is 242 g/mol. The molecule has 0 unspecified atom stereocenters. The van der Waals surface area contributed by atoms with Crippen molar-refractivity contribution >= 4 is 27.5 Å². The first kappa shape index (κ1) is 11.6. The molecule has 0 radical (unpaired) electrons. The molecule has 0 saturated carbocycles. The summed E-state index contributed by atoms with van der Waals surface area (Å²) in [6, 6.07) is 7.30. The lowest BCUT2D eigenvalue weighted by molar-refractivity contribution is 0.481. The van der Waals surface area contributed by atoms with Crippen molar-refractivity contribution < 1.29 is 5.11 Å². The smallest absolute Gasteiger partial charge is 0.149 e. The minimum atomic E-state index is 0.136. The molecule has 2 aromatic carbocycles. The van der Waals surface area contributed by atoms with E-state index in [1.807, 2.05) is 30.5 Å². The molecule has 3 rings (SSSR count). The van der Waals surface area contributed by atoms with Gasteiger partial charge in [-0.3, -0.25) is 0 Å². The van der Waals surface area contributed by atoms with E-state index in [2.05, 4.69) is 10.2 Å². The monoisotopic (exact) mass is 255 g/mol. The minimum absolute atomic E-state index is 0.136. The molecule has 0 aliphatic carbocycles. The Morgan fingerprint density at radius 1 is 1.26 bits per heavy atom. The minimum Gasteiger partial charge on any atom is -0.505 e. The average Bonchev–Trinajstić information content (AvgIpc) is 2.84. The van der Waals surface area contributed by atoms with Crippen LogP contribution in [0.1, 0.15) is 19.9 Å². The largest absolute Gasteiger partial charge is 0.505 e. The lowest BCUT2D eigenvalue weighted by Crippen LogP contribution is -1.98. The van der Waals surface area contributed by atoms with Crippen LogP contribution in [0.25, 0.3) is 21.8 Å². The summed E-state index contributed by atoms with van der Waals surface area (Å²) in [6.07, 6.45) is 1.63. The number of hydrogen-bond acceptors (Lipinski definition) is 4. The number of nitrogens with zero attached hydrogens (tertiary/aromatic N) is 3. The first-order valence-corrected chi connectivity index (χ1v) is 6.08. The van der Waals surface area contributed by atoms with Crippen molar-refractivity contribution in [1.29, 1.82) is 0 Å². The highest BCUT2D eigenvalue weighted by Crippen LogP contribution is 2.41. The van der Waals surface area contributed by atoms with Crippen LogP contribution in [0.2, 0.25) is 0 Å². The number of phenols is 1. The Balaban J connectivity index is 2.60. The van der Waals surface area contributed by atoms with Gasteiger partial charge in [-0.25, -0.2) is 4.98 Å². The third kappa shape index (κ3) is 1.51. The van der Waals surface area contributed by atoms with Crippen LogP contribution in [0.4, 0.5) is 5.69 Å². The maximum atomic E-state index is 11.1. The molecule has 5 heteroatoms. The van der Waals surface area contributed by atoms with Crippen molar-refractivity contribution in [2.75, 3.05) is 0 Å². The van der Waals surface area contributed by atoms with E-state index < -0.39 is 0 Å². The SMILES string of the molecule is CC(C)n1cnc2c(N=O)c3ccccc3c(O)c21. The molecule has 3 aromatic rings. The number of imidazole rings is 1. The zero-order chi connectivity index (χ0) is 13.6. The van der Waals surface area contributed by atoms with Crippen molar-refractivity contribution in [2.24, 2.45) is 5.18 Å². The summed E-state index contributed by atoms with van der Waals surface area (Å²) in [6.45, 7) is 3.98. The number of benzene rings is 2. The zero-order valence-electron chi connectivity index (χ0n) is 10.7. The highest BCUT2D eigenvalue weighted by Gasteiger charge is 2.19. The van der Waals surface area contributed by atoms with Crippen LogP contribution in [-0.2, 0) is 0 Å². The predicted octanol–water partition coefficient (Wildman–Crippen LogP) is 3.87. The summed E-state index contributed by atoms with van der Waals surface area (Å²) >= 11 is 0. The standard InChI is InChI=1S/C14H13N3O2/c1-8(2)17-7-15-12-11(16-19)9-5-3-4-6-10(9)14(18)13(12)17/h3-8,18H,1-2H3. The van der Waals surface area contributed by atoms with Gasteiger partial charge in [0, 0.05) is 16.8 Å². The molecule has 0 fully saturated rings. The average molecular weight is 255 g/mol. The second-order valence-electron chi connectivity index (χ2n) is 4.78. The number of aromatic hydroxyl groups is 1. The molecule has 0 bridgehead atoms. The molecule has 0 atom stereocenters. The van der Waals surface area contributed by atoms with E-state index in [1.54, 1.807) is 18.5 Å². The van der Waals surface area contributed by atoms with E-state index in [9.17, 15) is 10.0 Å². The van der Waals surface area contributed by atoms with Crippen LogP contribution in [0, 0.1) is 4.91 Å². The van der Waals surface area contributed by atoms with E-state index in [1.165, 1.54) is 0 Å². The second kappa shape index (κ2) is 4.05. The molecule has 0 aliphatic heterocycles. The van der Waals surface area contributed by atoms with Gasteiger partial charge in [-0.1, -0.05) is 24.3 Å². The van der Waals surface area contributed by atoms with Crippen LogP contribution in [-0.4, -0.2) is 14.7 Å². The van der Waals surface area contributed by atoms with Gasteiger partial charge in [0.1, 0.15) is 22.5 Å². The summed E-state index contributed by atoms with van der Waals surface area (Å²) < 4.78 is 1.84. The lowest BCUT2D eigenvalue weighted by Gasteiger charge is -2.11. The third-order valence-electron chi connectivity index (χ3n) is 3.33. The molecule has 96 valence electrons. The third-order valence-corrected chi connectivity index (χ3v) is 3.33. The first-order chi connectivity index (χ1) is 9.15. The van der Waals surface area contributed by atoms with Crippen LogP contribution >= 0.6 is 0 Å². The zero-order valence-corrected chi connectivity index (χ0v) is 10.7. The van der Waals surface area contributed by atoms with E-state index in [0.29, 0.717) is 21.8 Å². The summed E-state index contributed by atoms with van der Waals surface area (Å²) in [7, 11) is 0. The number of fused-ring (bicyclic) bond motifs is 2. The molecule has 1 aromatic heterocycles. The van der Waals surface area contributed by atoms with Gasteiger partial charge < -0.3 is 9.67 Å². The summed E-state index contributed by atoms with van der Waals surface area (Å²) in [5.41, 5.74) is 1.28. The van der Waals surface area contributed by atoms with Crippen LogP contribution < -0.4 is 0 Å². The van der Waals surface area contributed by atoms with Crippen LogP contribution in [0.15, 0.2) is 35.8 Å². The molecule has 1 N–H and O–H groups in total. The fourth-order valence-corrected chi connectivity index (χ4v) is 2.40. The van der Waals surface area contributed by atoms with E-state index in [4.69, 9.17) is 0 Å². The van der Waals surface area contributed by atoms with Crippen LogP contribution in [0.3, 0.4) is 0 Å². The van der Waals surface area contributed by atoms with Gasteiger partial charge in [0.2, 0.25) is 0 Å². The normalized spacial score (nSPS) is 11.5. The van der Waals surface area contributed by atoms with Crippen molar-refractivity contribution in [2.45, 2.75) is 19.9 Å². The summed E-state index contributed by atoms with van der Waals surface area (Å²) in [5.74, 6) is 0.143. The van der Waals surface area contributed by atoms with Crippen molar-refractivity contribution in [3.63, 3.8) is 0 Å². The maximum Gasteiger partial charge on any atom is 0.149 e. The summed E-state index contributed by atoms with van der Waals surface area (Å²) in [4.78, 5) is 15.4. The molecule has 0 amide bonds. The molecule has 5 nitrogen and oxygen atoms in total. The number of nitroso groups, excluding NO2 is 1. The highest BCUT2D eigenvalue weighted by atomic mass is 16.3. The predicted molar refractivity (Wildman–Crippen MR) is 74.7 cm³/mol. The van der Waals surface area contributed by atoms with Gasteiger partial charge in [-0.2, -0.15) is 0 Å². The van der Waals surface area contributed by atoms with Crippen molar-refractivity contribution in [1.82, 2.24) is 9.55 Å². The number of phenolic OH excluding ortho intramolecular Hbond substituents is 1. The number of rotatable bonds is 2. The van der Waals surface area contributed by atoms with Crippen molar-refractivity contribution in [3.8, 4) is 5.75 Å². The Hall–Kier alpha value is -2.43. The Kier molecular flexibility index (Phi) is 2.48. The van der Waals surface area contributed by atoms with Gasteiger partial charge in [0.15, 0.2) is 0 Å². The summed E-state index contributed by atoms with van der Waals surface area (Å²) in [5, 5.41) is 14.8. The highest BCUT2D eigenvalue weighted by molar-refractivity contribution is 6.12.